The molecular weight excluding hydrogens is 340 g/mol. The third-order valence-corrected chi connectivity index (χ3v) is 12.1. The van der Waals surface area contributed by atoms with Crippen molar-refractivity contribution in [1.29, 1.82) is 0 Å². The zero-order valence-electron chi connectivity index (χ0n) is 18.6. The lowest BCUT2D eigenvalue weighted by Crippen LogP contribution is -2.38. The van der Waals surface area contributed by atoms with Crippen molar-refractivity contribution in [2.75, 3.05) is 6.61 Å². The molecule has 1 heterocycles. The van der Waals surface area contributed by atoms with E-state index >= 15 is 0 Å². The Kier molecular flexibility index (Phi) is 7.43. The summed E-state index contributed by atoms with van der Waals surface area (Å²) in [6.45, 7) is 17.1. The average Bonchev–Trinajstić information content (AvgIpc) is 2.77. The fourth-order valence-corrected chi connectivity index (χ4v) is 7.75. The van der Waals surface area contributed by atoms with Crippen molar-refractivity contribution in [3.05, 3.63) is 0 Å². The summed E-state index contributed by atoms with van der Waals surface area (Å²) in [4.78, 5) is 12.0. The first kappa shape index (κ1) is 22.4. The smallest absolute Gasteiger partial charge is 0.191 e. The maximum Gasteiger partial charge on any atom is 0.191 e. The van der Waals surface area contributed by atoms with Crippen LogP contribution in [0, 0.1) is 11.3 Å². The van der Waals surface area contributed by atoms with Crippen LogP contribution in [0.2, 0.25) is 18.1 Å². The SMILES string of the molecule is CC[Si](CC)(CC)OCCC1(C)CC2(CCCC(C(C)(C)C)CC2)OO1. The molecule has 26 heavy (non-hydrogen) atoms. The summed E-state index contributed by atoms with van der Waals surface area (Å²) in [5.41, 5.74) is 0.164. The van der Waals surface area contributed by atoms with Crippen LogP contribution in [-0.2, 0) is 14.2 Å². The van der Waals surface area contributed by atoms with Crippen molar-refractivity contribution < 1.29 is 14.2 Å². The van der Waals surface area contributed by atoms with E-state index in [-0.39, 0.29) is 11.2 Å². The monoisotopic (exact) mass is 384 g/mol. The summed E-state index contributed by atoms with van der Waals surface area (Å²) in [6.07, 6.45) is 8.11. The minimum Gasteiger partial charge on any atom is -0.417 e. The van der Waals surface area contributed by atoms with Gasteiger partial charge in [-0.2, -0.15) is 0 Å². The van der Waals surface area contributed by atoms with Crippen LogP contribution < -0.4 is 0 Å². The van der Waals surface area contributed by atoms with Gasteiger partial charge < -0.3 is 4.43 Å². The van der Waals surface area contributed by atoms with Crippen molar-refractivity contribution >= 4 is 8.32 Å². The van der Waals surface area contributed by atoms with Crippen molar-refractivity contribution in [2.24, 2.45) is 11.3 Å². The quantitative estimate of drug-likeness (QED) is 0.354. The van der Waals surface area contributed by atoms with Crippen molar-refractivity contribution in [2.45, 2.75) is 123 Å². The van der Waals surface area contributed by atoms with Gasteiger partial charge in [-0.15, -0.1) is 0 Å². The van der Waals surface area contributed by atoms with Gasteiger partial charge in [0.1, 0.15) is 11.2 Å². The number of rotatable bonds is 7. The molecule has 1 saturated heterocycles. The van der Waals surface area contributed by atoms with E-state index in [1.165, 1.54) is 37.4 Å². The molecule has 3 unspecified atom stereocenters. The van der Waals surface area contributed by atoms with E-state index in [9.17, 15) is 0 Å². The molecule has 0 amide bonds. The van der Waals surface area contributed by atoms with Crippen molar-refractivity contribution in [3.8, 4) is 0 Å². The standard InChI is InChI=1S/C22H44O3Si/c1-8-26(9-2,10-3)23-17-16-21(7)18-22(25-24-21)14-11-12-19(13-15-22)20(4,5)6/h19H,8-18H2,1-7H3. The van der Waals surface area contributed by atoms with Gasteiger partial charge in [-0.05, 0) is 62.1 Å². The fraction of sp³-hybridized carbons (Fsp3) is 1.00. The molecule has 1 saturated carbocycles. The van der Waals surface area contributed by atoms with E-state index in [4.69, 9.17) is 14.2 Å². The average molecular weight is 385 g/mol. The molecule has 0 aromatic heterocycles. The van der Waals surface area contributed by atoms with Gasteiger partial charge in [-0.25, -0.2) is 9.78 Å². The van der Waals surface area contributed by atoms with E-state index in [1.54, 1.807) is 0 Å². The molecule has 2 aliphatic rings. The van der Waals surface area contributed by atoms with Gasteiger partial charge in [0, 0.05) is 19.4 Å². The van der Waals surface area contributed by atoms with Crippen LogP contribution >= 0.6 is 0 Å². The molecule has 1 spiro atoms. The molecule has 1 aliphatic carbocycles. The van der Waals surface area contributed by atoms with Crippen LogP contribution in [0.1, 0.15) is 93.4 Å². The van der Waals surface area contributed by atoms with Gasteiger partial charge in [-0.3, -0.25) is 0 Å². The highest BCUT2D eigenvalue weighted by Gasteiger charge is 2.50. The topological polar surface area (TPSA) is 27.7 Å². The molecule has 0 aromatic rings. The number of hydrogen-bond acceptors (Lipinski definition) is 3. The van der Waals surface area contributed by atoms with E-state index in [0.717, 1.165) is 38.2 Å². The molecule has 154 valence electrons. The second-order valence-electron chi connectivity index (χ2n) is 10.3. The summed E-state index contributed by atoms with van der Waals surface area (Å²) < 4.78 is 6.47. The Morgan fingerprint density at radius 2 is 1.65 bits per heavy atom. The predicted molar refractivity (Wildman–Crippen MR) is 112 cm³/mol. The minimum atomic E-state index is -1.50. The van der Waals surface area contributed by atoms with E-state index in [0.29, 0.717) is 5.41 Å². The zero-order chi connectivity index (χ0) is 19.5. The lowest BCUT2D eigenvalue weighted by Gasteiger charge is -2.31. The first-order valence-electron chi connectivity index (χ1n) is 11.1. The van der Waals surface area contributed by atoms with Crippen LogP contribution in [0.15, 0.2) is 0 Å². The summed E-state index contributed by atoms with van der Waals surface area (Å²) >= 11 is 0. The first-order valence-corrected chi connectivity index (χ1v) is 13.7. The molecule has 0 bridgehead atoms. The summed E-state index contributed by atoms with van der Waals surface area (Å²) in [5.74, 6) is 0.797. The Morgan fingerprint density at radius 3 is 2.23 bits per heavy atom. The van der Waals surface area contributed by atoms with E-state index in [2.05, 4.69) is 48.5 Å². The predicted octanol–water partition coefficient (Wildman–Crippen LogP) is 6.87. The number of hydrogen-bond donors (Lipinski definition) is 0. The van der Waals surface area contributed by atoms with Crippen LogP contribution in [0.3, 0.4) is 0 Å². The Labute approximate surface area is 163 Å². The van der Waals surface area contributed by atoms with Gasteiger partial charge in [0.2, 0.25) is 0 Å². The Morgan fingerprint density at radius 1 is 1.00 bits per heavy atom. The van der Waals surface area contributed by atoms with Crippen LogP contribution in [0.25, 0.3) is 0 Å². The molecule has 3 nitrogen and oxygen atoms in total. The van der Waals surface area contributed by atoms with E-state index in [1.807, 2.05) is 0 Å². The molecular formula is C22H44O3Si. The van der Waals surface area contributed by atoms with Gasteiger partial charge in [0.15, 0.2) is 8.32 Å². The Balaban J connectivity index is 1.90. The molecule has 2 fully saturated rings. The van der Waals surface area contributed by atoms with Crippen LogP contribution in [0.5, 0.6) is 0 Å². The third-order valence-electron chi connectivity index (χ3n) is 7.45. The van der Waals surface area contributed by atoms with Gasteiger partial charge in [0.05, 0.1) is 0 Å². The summed E-state index contributed by atoms with van der Waals surface area (Å²) in [5, 5.41) is 0. The van der Waals surface area contributed by atoms with E-state index < -0.39 is 8.32 Å². The fourth-order valence-electron chi connectivity index (χ4n) is 5.10. The van der Waals surface area contributed by atoms with Gasteiger partial charge in [-0.1, -0.05) is 48.0 Å². The van der Waals surface area contributed by atoms with Crippen LogP contribution in [0.4, 0.5) is 0 Å². The van der Waals surface area contributed by atoms with Crippen molar-refractivity contribution in [1.82, 2.24) is 0 Å². The Hall–Kier alpha value is 0.0969. The maximum atomic E-state index is 6.47. The maximum absolute atomic E-state index is 6.47. The molecule has 0 aromatic carbocycles. The highest BCUT2D eigenvalue weighted by molar-refractivity contribution is 6.73. The van der Waals surface area contributed by atoms with Gasteiger partial charge in [0.25, 0.3) is 0 Å². The lowest BCUT2D eigenvalue weighted by molar-refractivity contribution is -0.350. The zero-order valence-corrected chi connectivity index (χ0v) is 19.6. The second kappa shape index (κ2) is 8.63. The molecule has 0 radical (unpaired) electrons. The molecule has 1 aliphatic heterocycles. The summed E-state index contributed by atoms with van der Waals surface area (Å²) in [7, 11) is -1.50. The third kappa shape index (κ3) is 5.33. The highest BCUT2D eigenvalue weighted by Crippen LogP contribution is 2.48. The molecule has 4 heteroatoms. The van der Waals surface area contributed by atoms with Crippen molar-refractivity contribution in [3.63, 3.8) is 0 Å². The minimum absolute atomic E-state index is 0.0520. The lowest BCUT2D eigenvalue weighted by atomic mass is 9.76. The first-order chi connectivity index (χ1) is 12.1. The normalized spacial score (nSPS) is 33.6. The van der Waals surface area contributed by atoms with Crippen LogP contribution in [-0.4, -0.2) is 26.1 Å². The second-order valence-corrected chi connectivity index (χ2v) is 15.1. The molecule has 2 rings (SSSR count). The summed E-state index contributed by atoms with van der Waals surface area (Å²) in [6, 6.07) is 3.64. The molecule has 0 N–H and O–H groups in total. The Bertz CT molecular complexity index is 435. The highest BCUT2D eigenvalue weighted by atomic mass is 28.4. The molecule has 3 atom stereocenters. The largest absolute Gasteiger partial charge is 0.417 e. The van der Waals surface area contributed by atoms with Gasteiger partial charge >= 0.3 is 0 Å².